The molecule has 0 saturated carbocycles. The molecule has 2 aromatic rings. The van der Waals surface area contributed by atoms with Gasteiger partial charge in [-0.25, -0.2) is 9.67 Å². The highest BCUT2D eigenvalue weighted by Crippen LogP contribution is 2.24. The SMILES string of the molecule is CCc1nn(-c2ccc(C(C)(C)C)cn2)c(CC)c1N. The van der Waals surface area contributed by atoms with Crippen molar-refractivity contribution in [2.24, 2.45) is 0 Å². The van der Waals surface area contributed by atoms with Crippen LogP contribution in [0.4, 0.5) is 5.69 Å². The Balaban J connectivity index is 2.47. The van der Waals surface area contributed by atoms with Crippen LogP contribution >= 0.6 is 0 Å². The van der Waals surface area contributed by atoms with Crippen molar-refractivity contribution in [1.82, 2.24) is 14.8 Å². The first-order valence-electron chi connectivity index (χ1n) is 7.21. The van der Waals surface area contributed by atoms with Gasteiger partial charge in [-0.3, -0.25) is 0 Å². The van der Waals surface area contributed by atoms with Crippen LogP contribution < -0.4 is 5.73 Å². The number of aryl methyl sites for hydroxylation is 1. The lowest BCUT2D eigenvalue weighted by atomic mass is 9.88. The lowest BCUT2D eigenvalue weighted by Gasteiger charge is -2.18. The van der Waals surface area contributed by atoms with Crippen molar-refractivity contribution in [2.75, 3.05) is 5.73 Å². The number of rotatable bonds is 3. The zero-order valence-electron chi connectivity index (χ0n) is 13.1. The van der Waals surface area contributed by atoms with E-state index >= 15 is 0 Å². The first-order valence-corrected chi connectivity index (χ1v) is 7.21. The smallest absolute Gasteiger partial charge is 0.153 e. The average Bonchev–Trinajstić information content (AvgIpc) is 2.74. The van der Waals surface area contributed by atoms with E-state index < -0.39 is 0 Å². The van der Waals surface area contributed by atoms with Gasteiger partial charge in [-0.1, -0.05) is 40.7 Å². The summed E-state index contributed by atoms with van der Waals surface area (Å²) < 4.78 is 1.88. The maximum Gasteiger partial charge on any atom is 0.153 e. The van der Waals surface area contributed by atoms with E-state index in [0.29, 0.717) is 0 Å². The van der Waals surface area contributed by atoms with E-state index in [9.17, 15) is 0 Å². The predicted molar refractivity (Wildman–Crippen MR) is 83.2 cm³/mol. The van der Waals surface area contributed by atoms with Crippen molar-refractivity contribution in [3.8, 4) is 5.82 Å². The number of hydrogen-bond donors (Lipinski definition) is 1. The Morgan fingerprint density at radius 3 is 2.30 bits per heavy atom. The van der Waals surface area contributed by atoms with Gasteiger partial charge in [0.05, 0.1) is 17.1 Å². The Kier molecular flexibility index (Phi) is 3.84. The molecular weight excluding hydrogens is 248 g/mol. The lowest BCUT2D eigenvalue weighted by molar-refractivity contribution is 0.586. The molecule has 0 radical (unpaired) electrons. The number of nitrogens with two attached hydrogens (primary N) is 1. The molecule has 4 heteroatoms. The highest BCUT2D eigenvalue weighted by Gasteiger charge is 2.17. The second-order valence-corrected chi connectivity index (χ2v) is 6.08. The lowest BCUT2D eigenvalue weighted by Crippen LogP contribution is -2.12. The first kappa shape index (κ1) is 14.6. The number of anilines is 1. The molecule has 0 atom stereocenters. The third-order valence-electron chi connectivity index (χ3n) is 3.60. The van der Waals surface area contributed by atoms with Crippen LogP contribution in [0.15, 0.2) is 18.3 Å². The van der Waals surface area contributed by atoms with E-state index in [2.05, 4.69) is 50.8 Å². The quantitative estimate of drug-likeness (QED) is 0.933. The van der Waals surface area contributed by atoms with E-state index in [0.717, 1.165) is 35.7 Å². The van der Waals surface area contributed by atoms with Crippen LogP contribution in [0.25, 0.3) is 5.82 Å². The fourth-order valence-corrected chi connectivity index (χ4v) is 2.26. The summed E-state index contributed by atoms with van der Waals surface area (Å²) in [6.45, 7) is 10.7. The van der Waals surface area contributed by atoms with Crippen LogP contribution in [0.3, 0.4) is 0 Å². The summed E-state index contributed by atoms with van der Waals surface area (Å²) in [5.41, 5.74) is 10.3. The highest BCUT2D eigenvalue weighted by molar-refractivity contribution is 5.51. The van der Waals surface area contributed by atoms with Gasteiger partial charge in [0.25, 0.3) is 0 Å². The molecule has 0 fully saturated rings. The molecule has 2 N–H and O–H groups in total. The Labute approximate surface area is 121 Å². The molecule has 0 aliphatic heterocycles. The van der Waals surface area contributed by atoms with E-state index in [-0.39, 0.29) is 5.41 Å². The van der Waals surface area contributed by atoms with Crippen molar-refractivity contribution in [1.29, 1.82) is 0 Å². The Bertz CT molecular complexity index is 588. The second kappa shape index (κ2) is 5.27. The van der Waals surface area contributed by atoms with Crippen molar-refractivity contribution in [3.63, 3.8) is 0 Å². The summed E-state index contributed by atoms with van der Waals surface area (Å²) in [5, 5.41) is 4.59. The van der Waals surface area contributed by atoms with Crippen molar-refractivity contribution in [3.05, 3.63) is 35.3 Å². The van der Waals surface area contributed by atoms with Crippen LogP contribution in [-0.4, -0.2) is 14.8 Å². The Morgan fingerprint density at radius 2 is 1.85 bits per heavy atom. The third-order valence-corrected chi connectivity index (χ3v) is 3.60. The number of hydrogen-bond acceptors (Lipinski definition) is 3. The van der Waals surface area contributed by atoms with Gasteiger partial charge < -0.3 is 5.73 Å². The number of nitrogen functional groups attached to an aromatic ring is 1. The van der Waals surface area contributed by atoms with E-state index in [1.54, 1.807) is 0 Å². The first-order chi connectivity index (χ1) is 9.38. The van der Waals surface area contributed by atoms with Gasteiger partial charge in [-0.05, 0) is 29.9 Å². The minimum absolute atomic E-state index is 0.108. The topological polar surface area (TPSA) is 56.7 Å². The van der Waals surface area contributed by atoms with Gasteiger partial charge >= 0.3 is 0 Å². The summed E-state index contributed by atoms with van der Waals surface area (Å²) in [4.78, 5) is 4.56. The normalized spacial score (nSPS) is 11.8. The van der Waals surface area contributed by atoms with E-state index in [4.69, 9.17) is 5.73 Å². The zero-order chi connectivity index (χ0) is 14.9. The number of aromatic nitrogens is 3. The molecule has 20 heavy (non-hydrogen) atoms. The van der Waals surface area contributed by atoms with Gasteiger partial charge in [0.15, 0.2) is 5.82 Å². The molecule has 0 unspecified atom stereocenters. The maximum atomic E-state index is 6.15. The van der Waals surface area contributed by atoms with Crippen molar-refractivity contribution >= 4 is 5.69 Å². The molecule has 0 spiro atoms. The van der Waals surface area contributed by atoms with Gasteiger partial charge in [0, 0.05) is 6.20 Å². The van der Waals surface area contributed by atoms with Gasteiger partial charge in [-0.2, -0.15) is 5.10 Å². The molecule has 2 aromatic heterocycles. The van der Waals surface area contributed by atoms with E-state index in [1.165, 1.54) is 5.56 Å². The molecule has 0 bridgehead atoms. The molecule has 0 aliphatic rings. The molecule has 0 saturated heterocycles. The fraction of sp³-hybridized carbons (Fsp3) is 0.500. The van der Waals surface area contributed by atoms with Crippen LogP contribution in [0, 0.1) is 0 Å². The van der Waals surface area contributed by atoms with Gasteiger partial charge in [-0.15, -0.1) is 0 Å². The average molecular weight is 272 g/mol. The largest absolute Gasteiger partial charge is 0.396 e. The zero-order valence-corrected chi connectivity index (χ0v) is 13.1. The standard InChI is InChI=1S/C16H24N4/c1-6-12-15(17)13(7-2)20(19-12)14-9-8-11(10-18-14)16(3,4)5/h8-10H,6-7,17H2,1-5H3. The predicted octanol–water partition coefficient (Wildman–Crippen LogP) is 3.27. The van der Waals surface area contributed by atoms with Gasteiger partial charge in [0.2, 0.25) is 0 Å². The molecule has 2 rings (SSSR count). The molecule has 108 valence electrons. The van der Waals surface area contributed by atoms with Crippen molar-refractivity contribution in [2.45, 2.75) is 52.9 Å². The molecule has 0 aliphatic carbocycles. The summed E-state index contributed by atoms with van der Waals surface area (Å²) >= 11 is 0. The molecule has 0 aromatic carbocycles. The summed E-state index contributed by atoms with van der Waals surface area (Å²) in [5.74, 6) is 0.834. The monoisotopic (exact) mass is 272 g/mol. The van der Waals surface area contributed by atoms with Crippen LogP contribution in [0.2, 0.25) is 0 Å². The molecular formula is C16H24N4. The summed E-state index contributed by atoms with van der Waals surface area (Å²) in [7, 11) is 0. The summed E-state index contributed by atoms with van der Waals surface area (Å²) in [6, 6.07) is 4.14. The van der Waals surface area contributed by atoms with Crippen molar-refractivity contribution < 1.29 is 0 Å². The maximum absolute atomic E-state index is 6.15. The van der Waals surface area contributed by atoms with Crippen LogP contribution in [-0.2, 0) is 18.3 Å². The number of nitrogens with zero attached hydrogens (tertiary/aromatic N) is 3. The Hall–Kier alpha value is -1.84. The minimum atomic E-state index is 0.108. The molecule has 0 amide bonds. The number of pyridine rings is 1. The van der Waals surface area contributed by atoms with Gasteiger partial charge in [0.1, 0.15) is 0 Å². The highest BCUT2D eigenvalue weighted by atomic mass is 15.3. The minimum Gasteiger partial charge on any atom is -0.396 e. The van der Waals surface area contributed by atoms with Crippen LogP contribution in [0.1, 0.15) is 51.6 Å². The van der Waals surface area contributed by atoms with E-state index in [1.807, 2.05) is 16.9 Å². The molecule has 2 heterocycles. The molecule has 4 nitrogen and oxygen atoms in total. The fourth-order valence-electron chi connectivity index (χ4n) is 2.26. The summed E-state index contributed by atoms with van der Waals surface area (Å²) in [6.07, 6.45) is 3.62. The Morgan fingerprint density at radius 1 is 1.15 bits per heavy atom. The van der Waals surface area contributed by atoms with Crippen LogP contribution in [0.5, 0.6) is 0 Å². The third kappa shape index (κ3) is 2.55. The second-order valence-electron chi connectivity index (χ2n) is 6.08.